The molecule has 0 fully saturated rings. The van der Waals surface area contributed by atoms with E-state index in [1.807, 2.05) is 0 Å². The van der Waals surface area contributed by atoms with Crippen molar-refractivity contribution in [1.29, 1.82) is 0 Å². The molecule has 2 aromatic carbocycles. The fraction of sp³-hybridized carbons (Fsp3) is 0.0625. The Morgan fingerprint density at radius 1 is 1.27 bits per heavy atom. The second kappa shape index (κ2) is 5.81. The molecule has 0 saturated heterocycles. The monoisotopic (exact) mass is 426 g/mol. The van der Waals surface area contributed by atoms with Gasteiger partial charge in [0.25, 0.3) is 5.56 Å². The molecule has 0 bridgehead atoms. The number of aromatic hydroxyl groups is 1. The zero-order chi connectivity index (χ0) is 15.9. The van der Waals surface area contributed by atoms with E-state index in [1.54, 1.807) is 36.4 Å². The van der Waals surface area contributed by atoms with E-state index in [4.69, 9.17) is 16.3 Å². The molecule has 0 aliphatic rings. The SMILES string of the molecule is [11CH3]Oc1ccccc1-c1c(O)c2c(I)cc(Cl)cc2[nH]c1=O. The van der Waals surface area contributed by atoms with Gasteiger partial charge in [0.2, 0.25) is 0 Å². The fourth-order valence-corrected chi connectivity index (χ4v) is 3.72. The van der Waals surface area contributed by atoms with Crippen molar-refractivity contribution < 1.29 is 9.84 Å². The normalized spacial score (nSPS) is 10.9. The van der Waals surface area contributed by atoms with Crippen molar-refractivity contribution in [1.82, 2.24) is 4.98 Å². The van der Waals surface area contributed by atoms with E-state index in [1.165, 1.54) is 7.11 Å². The molecular weight excluding hydrogens is 416 g/mol. The predicted octanol–water partition coefficient (Wildman–Crippen LogP) is 4.17. The number of hydrogen-bond acceptors (Lipinski definition) is 3. The number of H-pyrrole nitrogens is 1. The van der Waals surface area contributed by atoms with Gasteiger partial charge >= 0.3 is 0 Å². The van der Waals surface area contributed by atoms with Crippen LogP contribution in [0.25, 0.3) is 22.0 Å². The van der Waals surface area contributed by atoms with Crippen LogP contribution in [0.15, 0.2) is 41.2 Å². The maximum atomic E-state index is 12.4. The minimum atomic E-state index is -0.396. The highest BCUT2D eigenvalue weighted by atomic mass is 127. The van der Waals surface area contributed by atoms with Crippen molar-refractivity contribution in [3.8, 4) is 22.6 Å². The second-order valence-electron chi connectivity index (χ2n) is 4.69. The van der Waals surface area contributed by atoms with E-state index in [-0.39, 0.29) is 11.3 Å². The summed E-state index contributed by atoms with van der Waals surface area (Å²) >= 11 is 8.08. The number of aromatic amines is 1. The Hall–Kier alpha value is -1.73. The zero-order valence-corrected chi connectivity index (χ0v) is 14.4. The smallest absolute Gasteiger partial charge is 0.260 e. The molecule has 0 amide bonds. The van der Waals surface area contributed by atoms with Crippen LogP contribution >= 0.6 is 34.2 Å². The number of pyridine rings is 1. The van der Waals surface area contributed by atoms with Crippen LogP contribution in [0.5, 0.6) is 11.5 Å². The molecule has 0 saturated carbocycles. The molecule has 0 atom stereocenters. The molecule has 0 aliphatic heterocycles. The van der Waals surface area contributed by atoms with Crippen molar-refractivity contribution in [2.75, 3.05) is 7.11 Å². The number of halogens is 2. The average molecular weight is 427 g/mol. The third-order valence-electron chi connectivity index (χ3n) is 3.38. The van der Waals surface area contributed by atoms with Crippen molar-refractivity contribution >= 4 is 45.1 Å². The second-order valence-corrected chi connectivity index (χ2v) is 6.29. The van der Waals surface area contributed by atoms with E-state index in [2.05, 4.69) is 27.6 Å². The zero-order valence-electron chi connectivity index (χ0n) is 11.5. The van der Waals surface area contributed by atoms with Gasteiger partial charge in [0.1, 0.15) is 11.5 Å². The molecule has 0 spiro atoms. The molecule has 0 aliphatic carbocycles. The maximum absolute atomic E-state index is 12.4. The molecule has 4 nitrogen and oxygen atoms in total. The first-order chi connectivity index (χ1) is 10.5. The quantitative estimate of drug-likeness (QED) is 0.605. The van der Waals surface area contributed by atoms with E-state index >= 15 is 0 Å². The van der Waals surface area contributed by atoms with Gasteiger partial charge in [-0.15, -0.1) is 0 Å². The topological polar surface area (TPSA) is 62.3 Å². The molecule has 1 aromatic heterocycles. The van der Waals surface area contributed by atoms with Gasteiger partial charge in [-0.3, -0.25) is 4.79 Å². The van der Waals surface area contributed by atoms with Crippen molar-refractivity contribution in [3.05, 3.63) is 55.3 Å². The lowest BCUT2D eigenvalue weighted by Crippen LogP contribution is -2.10. The van der Waals surface area contributed by atoms with Crippen LogP contribution < -0.4 is 10.3 Å². The molecule has 112 valence electrons. The van der Waals surface area contributed by atoms with Crippen LogP contribution in [-0.2, 0) is 0 Å². The summed E-state index contributed by atoms with van der Waals surface area (Å²) in [5.74, 6) is 0.441. The van der Waals surface area contributed by atoms with Crippen LogP contribution in [0.2, 0.25) is 5.02 Å². The highest BCUT2D eigenvalue weighted by molar-refractivity contribution is 14.1. The van der Waals surface area contributed by atoms with Gasteiger partial charge in [0.15, 0.2) is 0 Å². The summed E-state index contributed by atoms with van der Waals surface area (Å²) in [5, 5.41) is 11.7. The number of methoxy groups -OCH3 is 1. The van der Waals surface area contributed by atoms with Gasteiger partial charge in [0, 0.05) is 14.2 Å². The highest BCUT2D eigenvalue weighted by Crippen LogP contribution is 2.39. The fourth-order valence-electron chi connectivity index (χ4n) is 2.43. The number of ether oxygens (including phenoxy) is 1. The van der Waals surface area contributed by atoms with Crippen LogP contribution in [-0.4, -0.2) is 17.2 Å². The van der Waals surface area contributed by atoms with E-state index in [0.717, 1.165) is 3.57 Å². The number of hydrogen-bond donors (Lipinski definition) is 2. The van der Waals surface area contributed by atoms with Gasteiger partial charge in [-0.1, -0.05) is 29.8 Å². The molecular formula is C16H11ClINO3. The number of fused-ring (bicyclic) bond motifs is 1. The molecule has 2 N–H and O–H groups in total. The highest BCUT2D eigenvalue weighted by Gasteiger charge is 2.18. The van der Waals surface area contributed by atoms with Crippen LogP contribution in [0, 0.1) is 3.57 Å². The third-order valence-corrected chi connectivity index (χ3v) is 4.45. The first-order valence-electron chi connectivity index (χ1n) is 6.40. The average Bonchev–Trinajstić information content (AvgIpc) is 2.46. The minimum Gasteiger partial charge on any atom is -0.506 e. The molecule has 0 unspecified atom stereocenters. The molecule has 22 heavy (non-hydrogen) atoms. The summed E-state index contributed by atoms with van der Waals surface area (Å²) in [6.07, 6.45) is 0. The van der Waals surface area contributed by atoms with E-state index in [9.17, 15) is 9.90 Å². The van der Waals surface area contributed by atoms with Crippen molar-refractivity contribution in [2.45, 2.75) is 0 Å². The molecule has 3 aromatic rings. The van der Waals surface area contributed by atoms with Gasteiger partial charge in [-0.2, -0.15) is 0 Å². The summed E-state index contributed by atoms with van der Waals surface area (Å²) in [6, 6.07) is 10.4. The molecule has 0 radical (unpaired) electrons. The first-order valence-corrected chi connectivity index (χ1v) is 7.86. The molecule has 3 rings (SSSR count). The first kappa shape index (κ1) is 15.2. The number of para-hydroxylation sites is 1. The van der Waals surface area contributed by atoms with Gasteiger partial charge in [-0.05, 0) is 40.8 Å². The predicted molar refractivity (Wildman–Crippen MR) is 95.9 cm³/mol. The lowest BCUT2D eigenvalue weighted by Gasteiger charge is -2.12. The lowest BCUT2D eigenvalue weighted by molar-refractivity contribution is 0.415. The van der Waals surface area contributed by atoms with Gasteiger partial charge in [-0.25, -0.2) is 0 Å². The third kappa shape index (κ3) is 2.44. The van der Waals surface area contributed by atoms with Gasteiger partial charge < -0.3 is 14.8 Å². The summed E-state index contributed by atoms with van der Waals surface area (Å²) in [5.41, 5.74) is 0.826. The molecule has 1 heterocycles. The maximum Gasteiger partial charge on any atom is 0.260 e. The Labute approximate surface area is 144 Å². The Morgan fingerprint density at radius 3 is 2.73 bits per heavy atom. The summed E-state index contributed by atoms with van der Waals surface area (Å²) in [7, 11) is 1.52. The number of nitrogens with one attached hydrogen (secondary N) is 1. The van der Waals surface area contributed by atoms with Crippen molar-refractivity contribution in [2.24, 2.45) is 0 Å². The minimum absolute atomic E-state index is 0.0793. The van der Waals surface area contributed by atoms with Crippen LogP contribution in [0.3, 0.4) is 0 Å². The van der Waals surface area contributed by atoms with Gasteiger partial charge in [0.05, 0.1) is 23.6 Å². The largest absolute Gasteiger partial charge is 0.506 e. The Bertz CT molecular complexity index is 937. The van der Waals surface area contributed by atoms with Crippen LogP contribution in [0.1, 0.15) is 0 Å². The summed E-state index contributed by atoms with van der Waals surface area (Å²) in [6.45, 7) is 0. The lowest BCUT2D eigenvalue weighted by atomic mass is 10.0. The molecule has 6 heteroatoms. The standard InChI is InChI=1S/C16H11ClINO3/c1-22-12-5-3-2-4-9(12)13-15(20)14-10(18)6-8(17)7-11(14)19-16(13)21/h2-7H,1H3,(H2,19,20,21)/i1-1. The number of rotatable bonds is 2. The summed E-state index contributed by atoms with van der Waals surface area (Å²) < 4.78 is 6.04. The Balaban J connectivity index is 2.43. The van der Waals surface area contributed by atoms with E-state index < -0.39 is 5.56 Å². The van der Waals surface area contributed by atoms with Crippen LogP contribution in [0.4, 0.5) is 0 Å². The Morgan fingerprint density at radius 2 is 2.00 bits per heavy atom. The number of benzene rings is 2. The number of aromatic nitrogens is 1. The van der Waals surface area contributed by atoms with Crippen molar-refractivity contribution in [3.63, 3.8) is 0 Å². The summed E-state index contributed by atoms with van der Waals surface area (Å²) in [4.78, 5) is 15.2. The van der Waals surface area contributed by atoms with E-state index in [0.29, 0.717) is 27.2 Å². The Kier molecular flexibility index (Phi) is 4.01.